The Labute approximate surface area is 192 Å². The zero-order valence-electron chi connectivity index (χ0n) is 18.4. The third-order valence-corrected chi connectivity index (χ3v) is 6.50. The van der Waals surface area contributed by atoms with E-state index in [9.17, 15) is 22.4 Å². The number of aromatic nitrogens is 3. The summed E-state index contributed by atoms with van der Waals surface area (Å²) in [6.07, 6.45) is -0.492. The number of urea groups is 1. The van der Waals surface area contributed by atoms with Gasteiger partial charge in [0.25, 0.3) is 0 Å². The summed E-state index contributed by atoms with van der Waals surface area (Å²) in [4.78, 5) is 18.6. The van der Waals surface area contributed by atoms with Crippen LogP contribution < -0.4 is 5.32 Å². The fraction of sp³-hybridized carbons (Fsp3) is 0.391. The number of rotatable bonds is 3. The molecule has 1 aliphatic heterocycles. The second-order valence-corrected chi connectivity index (χ2v) is 9.01. The third kappa shape index (κ3) is 3.68. The number of hydrogen-bond acceptors (Lipinski definition) is 5. The Balaban J connectivity index is 1.47. The number of carbonyl (C=O) groups is 1. The summed E-state index contributed by atoms with van der Waals surface area (Å²) < 4.78 is 60.2. The molecular formula is C23H21F4N5O2. The molecule has 3 atom stereocenters. The van der Waals surface area contributed by atoms with Crippen LogP contribution in [0.15, 0.2) is 41.1 Å². The van der Waals surface area contributed by atoms with Crippen LogP contribution in [0.5, 0.6) is 0 Å². The van der Waals surface area contributed by atoms with E-state index in [0.29, 0.717) is 30.5 Å². The monoisotopic (exact) mass is 475 g/mol. The molecule has 7 nitrogen and oxygen atoms in total. The lowest BCUT2D eigenvalue weighted by Crippen LogP contribution is -2.70. The van der Waals surface area contributed by atoms with Crippen molar-refractivity contribution in [1.29, 1.82) is 0 Å². The molecule has 1 saturated heterocycles. The molecule has 0 unspecified atom stereocenters. The van der Waals surface area contributed by atoms with Gasteiger partial charge in [-0.1, -0.05) is 6.92 Å². The van der Waals surface area contributed by atoms with Gasteiger partial charge in [-0.3, -0.25) is 4.98 Å². The van der Waals surface area contributed by atoms with E-state index in [1.807, 2.05) is 0 Å². The van der Waals surface area contributed by atoms with Crippen molar-refractivity contribution in [3.05, 3.63) is 59.8 Å². The van der Waals surface area contributed by atoms with Crippen molar-refractivity contribution >= 4 is 11.7 Å². The minimum absolute atomic E-state index is 0.0442. The maximum Gasteiger partial charge on any atom is 0.417 e. The highest BCUT2D eigenvalue weighted by Gasteiger charge is 2.62. The number of amides is 2. The van der Waals surface area contributed by atoms with Gasteiger partial charge in [0.15, 0.2) is 0 Å². The second kappa shape index (κ2) is 7.78. The fourth-order valence-electron chi connectivity index (χ4n) is 5.28. The van der Waals surface area contributed by atoms with Crippen LogP contribution in [0.1, 0.15) is 43.5 Å². The molecule has 2 aliphatic rings. The molecule has 0 spiro atoms. The number of likely N-dealkylation sites (tertiary alicyclic amines) is 1. The molecule has 1 saturated carbocycles. The standard InChI is InChI=1S/C23H21F4N5O2/c1-12-5-17-9-22(8-12,20-31-30-13(2)34-20)32(17)21(33)29-16-3-4-19(23(25,26)27)18(7-16)14-6-15(24)11-28-10-14/h3-4,6-7,10-12,17H,5,8-9H2,1-2H3,(H,29,33)/t12-,17-,22+/m1/s1. The van der Waals surface area contributed by atoms with Crippen molar-refractivity contribution in [2.75, 3.05) is 5.32 Å². The number of halogens is 4. The molecule has 2 aromatic heterocycles. The molecule has 3 heterocycles. The Kier molecular flexibility index (Phi) is 5.10. The van der Waals surface area contributed by atoms with Crippen molar-refractivity contribution in [2.45, 2.75) is 50.9 Å². The number of anilines is 1. The van der Waals surface area contributed by atoms with E-state index in [-0.39, 0.29) is 22.9 Å². The number of nitrogens with zero attached hydrogens (tertiary/aromatic N) is 4. The Morgan fingerprint density at radius 1 is 1.21 bits per heavy atom. The maximum absolute atomic E-state index is 13.7. The Morgan fingerprint density at radius 3 is 2.68 bits per heavy atom. The van der Waals surface area contributed by atoms with Gasteiger partial charge in [-0.15, -0.1) is 10.2 Å². The predicted molar refractivity (Wildman–Crippen MR) is 113 cm³/mol. The van der Waals surface area contributed by atoms with Gasteiger partial charge in [-0.05, 0) is 48.6 Å². The van der Waals surface area contributed by atoms with Gasteiger partial charge in [-0.25, -0.2) is 9.18 Å². The number of aryl methyl sites for hydroxylation is 1. The van der Waals surface area contributed by atoms with Crippen LogP contribution in [0.2, 0.25) is 0 Å². The lowest BCUT2D eigenvalue weighted by atomic mass is 9.64. The van der Waals surface area contributed by atoms with Crippen LogP contribution in [0.3, 0.4) is 0 Å². The number of piperidine rings is 1. The third-order valence-electron chi connectivity index (χ3n) is 6.50. The van der Waals surface area contributed by atoms with E-state index in [4.69, 9.17) is 4.42 Å². The minimum Gasteiger partial charge on any atom is -0.423 e. The molecule has 0 radical (unpaired) electrons. The molecule has 2 fully saturated rings. The SMILES string of the molecule is Cc1nnc([C@]23C[C@H](C)C[C@H](C2)N3C(=O)Nc2ccc(C(F)(F)F)c(-c3cncc(F)c3)c2)o1. The first kappa shape index (κ1) is 22.3. The molecule has 34 heavy (non-hydrogen) atoms. The summed E-state index contributed by atoms with van der Waals surface area (Å²) in [6, 6.07) is 3.68. The highest BCUT2D eigenvalue weighted by Crippen LogP contribution is 2.55. The number of benzene rings is 1. The average molecular weight is 475 g/mol. The molecule has 1 aromatic carbocycles. The Hall–Kier alpha value is -3.50. The summed E-state index contributed by atoms with van der Waals surface area (Å²) in [6.45, 7) is 3.76. The largest absolute Gasteiger partial charge is 0.423 e. The van der Waals surface area contributed by atoms with Gasteiger partial charge in [0.1, 0.15) is 11.4 Å². The molecule has 1 N–H and O–H groups in total. The highest BCUT2D eigenvalue weighted by atomic mass is 19.4. The quantitative estimate of drug-likeness (QED) is 0.504. The second-order valence-electron chi connectivity index (χ2n) is 9.01. The zero-order valence-corrected chi connectivity index (χ0v) is 18.4. The molecule has 178 valence electrons. The molecule has 2 bridgehead atoms. The van der Waals surface area contributed by atoms with Gasteiger partial charge in [0.05, 0.1) is 11.8 Å². The topological polar surface area (TPSA) is 84.2 Å². The summed E-state index contributed by atoms with van der Waals surface area (Å²) in [7, 11) is 0. The number of hydrogen-bond donors (Lipinski definition) is 1. The number of nitrogens with one attached hydrogen (secondary N) is 1. The number of carbonyl (C=O) groups excluding carboxylic acids is 1. The van der Waals surface area contributed by atoms with Crippen LogP contribution in [0, 0.1) is 18.7 Å². The normalized spacial score (nSPS) is 24.0. The summed E-state index contributed by atoms with van der Waals surface area (Å²) in [5.74, 6) is 0.330. The van der Waals surface area contributed by atoms with E-state index >= 15 is 0 Å². The summed E-state index contributed by atoms with van der Waals surface area (Å²) in [5.41, 5.74) is -1.88. The van der Waals surface area contributed by atoms with Crippen molar-refractivity contribution in [2.24, 2.45) is 5.92 Å². The van der Waals surface area contributed by atoms with Crippen LogP contribution in [0.25, 0.3) is 11.1 Å². The van der Waals surface area contributed by atoms with E-state index in [1.165, 1.54) is 12.1 Å². The number of pyridine rings is 1. The molecule has 3 aromatic rings. The lowest BCUT2D eigenvalue weighted by Gasteiger charge is -2.61. The minimum atomic E-state index is -4.67. The highest BCUT2D eigenvalue weighted by molar-refractivity contribution is 5.92. The van der Waals surface area contributed by atoms with Crippen LogP contribution in [-0.4, -0.2) is 32.2 Å². The van der Waals surface area contributed by atoms with Gasteiger partial charge < -0.3 is 14.6 Å². The van der Waals surface area contributed by atoms with Gasteiger partial charge in [-0.2, -0.15) is 13.2 Å². The predicted octanol–water partition coefficient (Wildman–Crippen LogP) is 5.53. The molecule has 2 amide bonds. The number of fused-ring (bicyclic) bond motifs is 2. The first-order chi connectivity index (χ1) is 16.1. The van der Waals surface area contributed by atoms with Crippen LogP contribution in [-0.2, 0) is 11.7 Å². The van der Waals surface area contributed by atoms with Crippen LogP contribution >= 0.6 is 0 Å². The van der Waals surface area contributed by atoms with Gasteiger partial charge in [0, 0.05) is 36.8 Å². The molecule has 1 aliphatic carbocycles. The van der Waals surface area contributed by atoms with Crippen LogP contribution in [0.4, 0.5) is 28.0 Å². The summed E-state index contributed by atoms with van der Waals surface area (Å²) >= 11 is 0. The van der Waals surface area contributed by atoms with E-state index in [2.05, 4.69) is 27.4 Å². The zero-order chi connectivity index (χ0) is 24.3. The molecule has 11 heteroatoms. The molecule has 5 rings (SSSR count). The Morgan fingerprint density at radius 2 is 2.00 bits per heavy atom. The Bertz CT molecular complexity index is 1260. The van der Waals surface area contributed by atoms with E-state index in [0.717, 1.165) is 30.9 Å². The first-order valence-electron chi connectivity index (χ1n) is 10.8. The first-order valence-corrected chi connectivity index (χ1v) is 10.8. The average Bonchev–Trinajstić information content (AvgIpc) is 3.19. The van der Waals surface area contributed by atoms with Crippen molar-refractivity contribution < 1.29 is 26.8 Å². The van der Waals surface area contributed by atoms with Crippen molar-refractivity contribution in [1.82, 2.24) is 20.1 Å². The van der Waals surface area contributed by atoms with E-state index < -0.39 is 29.1 Å². The molecular weight excluding hydrogens is 454 g/mol. The fourth-order valence-corrected chi connectivity index (χ4v) is 5.28. The lowest BCUT2D eigenvalue weighted by molar-refractivity contribution is -0.137. The maximum atomic E-state index is 13.7. The van der Waals surface area contributed by atoms with Crippen molar-refractivity contribution in [3.63, 3.8) is 0 Å². The van der Waals surface area contributed by atoms with Crippen molar-refractivity contribution in [3.8, 4) is 11.1 Å². The smallest absolute Gasteiger partial charge is 0.417 e. The van der Waals surface area contributed by atoms with E-state index in [1.54, 1.807) is 11.8 Å². The van der Waals surface area contributed by atoms with Gasteiger partial charge >= 0.3 is 12.2 Å². The van der Waals surface area contributed by atoms with Gasteiger partial charge in [0.2, 0.25) is 11.8 Å². The number of alkyl halides is 3. The summed E-state index contributed by atoms with van der Waals surface area (Å²) in [5, 5.41) is 10.8.